The smallest absolute Gasteiger partial charge is 0.269 e. The number of aliphatic hydroxyl groups excluding tert-OH is 1. The first-order chi connectivity index (χ1) is 7.82. The molecule has 0 saturated heterocycles. The molecule has 0 radical (unpaired) electrons. The highest BCUT2D eigenvalue weighted by Gasteiger charge is 2.43. The average Bonchev–Trinajstić information content (AvgIpc) is 2.25. The van der Waals surface area contributed by atoms with Crippen molar-refractivity contribution in [1.29, 1.82) is 0 Å². The van der Waals surface area contributed by atoms with Crippen molar-refractivity contribution in [1.82, 2.24) is 10.2 Å². The fourth-order valence-corrected chi connectivity index (χ4v) is 1.54. The first-order valence-corrected chi connectivity index (χ1v) is 4.80. The normalized spacial score (nSPS) is 20.6. The summed E-state index contributed by atoms with van der Waals surface area (Å²) in [5.74, 6) is -5.50. The van der Waals surface area contributed by atoms with Crippen molar-refractivity contribution in [3.63, 3.8) is 0 Å². The molecule has 3 amide bonds. The van der Waals surface area contributed by atoms with Gasteiger partial charge in [-0.15, -0.1) is 0 Å². The minimum Gasteiger partial charge on any atom is -0.510 e. The fourth-order valence-electron chi connectivity index (χ4n) is 1.54. The molecule has 0 aromatic rings. The summed E-state index contributed by atoms with van der Waals surface area (Å²) in [5, 5.41) is 11.9. The number of rotatable bonds is 2. The number of hydrogen-bond acceptors (Lipinski definition) is 5. The van der Waals surface area contributed by atoms with Gasteiger partial charge in [0.2, 0.25) is 5.91 Å². The van der Waals surface area contributed by atoms with Crippen LogP contribution in [0.3, 0.4) is 0 Å². The number of Topliss-reactive ketones (excluding diaryl/α,β-unsaturated/α-hetero) is 1. The largest absolute Gasteiger partial charge is 0.510 e. The maximum Gasteiger partial charge on any atom is 0.269 e. The summed E-state index contributed by atoms with van der Waals surface area (Å²) in [7, 11) is 2.42. The molecule has 7 heteroatoms. The van der Waals surface area contributed by atoms with Gasteiger partial charge in [0.15, 0.2) is 5.92 Å². The molecule has 0 aromatic carbocycles. The molecule has 92 valence electrons. The monoisotopic (exact) mass is 240 g/mol. The number of aliphatic hydroxyl groups is 1. The van der Waals surface area contributed by atoms with Crippen molar-refractivity contribution in [3.8, 4) is 0 Å². The van der Waals surface area contributed by atoms with Crippen LogP contribution in [0.25, 0.3) is 0 Å². The standard InChI is InChI=1S/C10H12N2O5/c1-4(13)5-7(14)6(8(15)11-2)10(17)12(3)9(5)16/h5,14H,1-3H3,(H,11,15). The Morgan fingerprint density at radius 1 is 1.35 bits per heavy atom. The summed E-state index contributed by atoms with van der Waals surface area (Å²) in [6.07, 6.45) is 0. The molecule has 1 heterocycles. The van der Waals surface area contributed by atoms with Crippen LogP contribution in [0, 0.1) is 5.92 Å². The zero-order valence-corrected chi connectivity index (χ0v) is 9.60. The number of hydrogen-bond donors (Lipinski definition) is 2. The van der Waals surface area contributed by atoms with Gasteiger partial charge in [-0.2, -0.15) is 0 Å². The van der Waals surface area contributed by atoms with Crippen molar-refractivity contribution in [2.24, 2.45) is 5.92 Å². The lowest BCUT2D eigenvalue weighted by Crippen LogP contribution is -2.49. The fraction of sp³-hybridized carbons (Fsp3) is 0.400. The lowest BCUT2D eigenvalue weighted by Gasteiger charge is -2.27. The highest BCUT2D eigenvalue weighted by Crippen LogP contribution is 2.24. The molecule has 0 aliphatic carbocycles. The lowest BCUT2D eigenvalue weighted by atomic mass is 9.92. The number of imide groups is 1. The van der Waals surface area contributed by atoms with Crippen LogP contribution < -0.4 is 5.32 Å². The molecule has 1 rings (SSSR count). The van der Waals surface area contributed by atoms with E-state index in [0.717, 1.165) is 14.0 Å². The molecule has 1 aliphatic heterocycles. The number of amides is 3. The van der Waals surface area contributed by atoms with Crippen LogP contribution in [0.4, 0.5) is 0 Å². The highest BCUT2D eigenvalue weighted by atomic mass is 16.3. The van der Waals surface area contributed by atoms with E-state index in [-0.39, 0.29) is 0 Å². The molecule has 0 fully saturated rings. The number of likely N-dealkylation sites (N-methyl/N-ethyl adjacent to an activating group) is 2. The average molecular weight is 240 g/mol. The van der Waals surface area contributed by atoms with E-state index in [4.69, 9.17) is 0 Å². The molecule has 0 aromatic heterocycles. The molecule has 1 atom stereocenters. The predicted octanol–water partition coefficient (Wildman–Crippen LogP) is -1.25. The Morgan fingerprint density at radius 2 is 1.88 bits per heavy atom. The van der Waals surface area contributed by atoms with Gasteiger partial charge >= 0.3 is 0 Å². The molecule has 17 heavy (non-hydrogen) atoms. The number of carbonyl (C=O) groups is 4. The maximum atomic E-state index is 11.6. The Hall–Kier alpha value is -2.18. The van der Waals surface area contributed by atoms with E-state index in [2.05, 4.69) is 5.32 Å². The zero-order chi connectivity index (χ0) is 13.3. The quantitative estimate of drug-likeness (QED) is 0.356. The molecule has 7 nitrogen and oxygen atoms in total. The van der Waals surface area contributed by atoms with Gasteiger partial charge in [0.25, 0.3) is 11.8 Å². The first kappa shape index (κ1) is 12.9. The topological polar surface area (TPSA) is 104 Å². The minimum atomic E-state index is -1.48. The van der Waals surface area contributed by atoms with Gasteiger partial charge < -0.3 is 10.4 Å². The summed E-state index contributed by atoms with van der Waals surface area (Å²) in [5.41, 5.74) is -0.574. The Bertz CT molecular complexity index is 452. The molecule has 1 unspecified atom stereocenters. The third kappa shape index (κ3) is 1.91. The van der Waals surface area contributed by atoms with Crippen molar-refractivity contribution >= 4 is 23.5 Å². The third-order valence-electron chi connectivity index (χ3n) is 2.49. The van der Waals surface area contributed by atoms with E-state index in [1.807, 2.05) is 0 Å². The Morgan fingerprint density at radius 3 is 2.29 bits per heavy atom. The molecule has 0 bridgehead atoms. The third-order valence-corrected chi connectivity index (χ3v) is 2.49. The van der Waals surface area contributed by atoms with Crippen LogP contribution in [-0.2, 0) is 19.2 Å². The van der Waals surface area contributed by atoms with E-state index >= 15 is 0 Å². The molecular formula is C10H12N2O5. The van der Waals surface area contributed by atoms with Crippen molar-refractivity contribution in [2.45, 2.75) is 6.92 Å². The van der Waals surface area contributed by atoms with Gasteiger partial charge in [-0.3, -0.25) is 24.1 Å². The number of nitrogens with zero attached hydrogens (tertiary/aromatic N) is 1. The Labute approximate surface area is 97.1 Å². The van der Waals surface area contributed by atoms with Crippen LogP contribution in [0.1, 0.15) is 6.92 Å². The van der Waals surface area contributed by atoms with Gasteiger partial charge in [-0.25, -0.2) is 0 Å². The van der Waals surface area contributed by atoms with Crippen LogP contribution in [-0.4, -0.2) is 47.6 Å². The maximum absolute atomic E-state index is 11.6. The van der Waals surface area contributed by atoms with Crippen molar-refractivity contribution < 1.29 is 24.3 Å². The van der Waals surface area contributed by atoms with Crippen LogP contribution in [0.2, 0.25) is 0 Å². The van der Waals surface area contributed by atoms with E-state index in [1.165, 1.54) is 7.05 Å². The highest BCUT2D eigenvalue weighted by molar-refractivity contribution is 6.26. The first-order valence-electron chi connectivity index (χ1n) is 4.80. The summed E-state index contributed by atoms with van der Waals surface area (Å²) in [4.78, 5) is 46.5. The van der Waals surface area contributed by atoms with Crippen LogP contribution in [0.5, 0.6) is 0 Å². The van der Waals surface area contributed by atoms with E-state index in [1.54, 1.807) is 0 Å². The molecule has 1 aliphatic rings. The van der Waals surface area contributed by atoms with Gasteiger partial charge in [0.05, 0.1) is 0 Å². The van der Waals surface area contributed by atoms with Crippen molar-refractivity contribution in [2.75, 3.05) is 14.1 Å². The summed E-state index contributed by atoms with van der Waals surface area (Å²) < 4.78 is 0. The van der Waals surface area contributed by atoms with Crippen molar-refractivity contribution in [3.05, 3.63) is 11.3 Å². The summed E-state index contributed by atoms with van der Waals surface area (Å²) in [6, 6.07) is 0. The summed E-state index contributed by atoms with van der Waals surface area (Å²) >= 11 is 0. The van der Waals surface area contributed by atoms with Gasteiger partial charge in [-0.05, 0) is 6.92 Å². The number of ketones is 1. The second-order valence-corrected chi connectivity index (χ2v) is 3.59. The second kappa shape index (κ2) is 4.36. The van der Waals surface area contributed by atoms with E-state index in [9.17, 15) is 24.3 Å². The number of nitrogens with one attached hydrogen (secondary N) is 1. The molecule has 0 spiro atoms. The molecular weight excluding hydrogens is 228 g/mol. The lowest BCUT2D eigenvalue weighted by molar-refractivity contribution is -0.148. The molecule has 2 N–H and O–H groups in total. The van der Waals surface area contributed by atoms with Crippen LogP contribution in [0.15, 0.2) is 11.3 Å². The van der Waals surface area contributed by atoms with E-state index in [0.29, 0.717) is 4.90 Å². The Kier molecular flexibility index (Phi) is 3.31. The summed E-state index contributed by atoms with van der Waals surface area (Å²) in [6.45, 7) is 1.10. The number of carbonyl (C=O) groups excluding carboxylic acids is 4. The van der Waals surface area contributed by atoms with E-state index < -0.39 is 40.8 Å². The van der Waals surface area contributed by atoms with Gasteiger partial charge in [0.1, 0.15) is 17.1 Å². The molecule has 0 saturated carbocycles. The van der Waals surface area contributed by atoms with Crippen LogP contribution >= 0.6 is 0 Å². The van der Waals surface area contributed by atoms with Gasteiger partial charge in [0, 0.05) is 14.1 Å². The minimum absolute atomic E-state index is 0.574. The second-order valence-electron chi connectivity index (χ2n) is 3.59. The van der Waals surface area contributed by atoms with Gasteiger partial charge in [-0.1, -0.05) is 0 Å². The Balaban J connectivity index is 3.41. The zero-order valence-electron chi connectivity index (χ0n) is 9.60. The SMILES string of the molecule is CNC(=O)C1=C(O)C(C(C)=O)C(=O)N(C)C1=O. The predicted molar refractivity (Wildman–Crippen MR) is 55.7 cm³/mol.